The van der Waals surface area contributed by atoms with Crippen molar-refractivity contribution in [2.45, 2.75) is 33.3 Å². The highest BCUT2D eigenvalue weighted by Gasteiger charge is 2.32. The standard InChI is InChI=1S/C15H18O2/c1-15(2,3)14-10-12(16)9-13(17-14)11-7-5-4-6-8-11/h4-9,14H,10H2,1-3H3/t14-/m0/s1. The number of carbonyl (C=O) groups excluding carboxylic acids is 1. The summed E-state index contributed by atoms with van der Waals surface area (Å²) in [7, 11) is 0. The van der Waals surface area contributed by atoms with Crippen LogP contribution in [-0.2, 0) is 9.53 Å². The van der Waals surface area contributed by atoms with E-state index >= 15 is 0 Å². The van der Waals surface area contributed by atoms with Crippen LogP contribution < -0.4 is 0 Å². The molecule has 2 heteroatoms. The molecule has 0 N–H and O–H groups in total. The third-order valence-corrected chi connectivity index (χ3v) is 2.97. The van der Waals surface area contributed by atoms with Gasteiger partial charge in [0.25, 0.3) is 0 Å². The summed E-state index contributed by atoms with van der Waals surface area (Å²) in [6.07, 6.45) is 2.03. The van der Waals surface area contributed by atoms with Gasteiger partial charge in [0, 0.05) is 18.1 Å². The van der Waals surface area contributed by atoms with Gasteiger partial charge in [-0.3, -0.25) is 4.79 Å². The number of carbonyl (C=O) groups is 1. The van der Waals surface area contributed by atoms with E-state index in [4.69, 9.17) is 4.74 Å². The first-order valence-electron chi connectivity index (χ1n) is 5.93. The molecule has 1 aromatic rings. The van der Waals surface area contributed by atoms with Gasteiger partial charge >= 0.3 is 0 Å². The summed E-state index contributed by atoms with van der Waals surface area (Å²) in [5.74, 6) is 0.844. The van der Waals surface area contributed by atoms with Crippen LogP contribution in [0.25, 0.3) is 5.76 Å². The van der Waals surface area contributed by atoms with E-state index in [0.717, 1.165) is 5.56 Å². The molecule has 0 amide bonds. The smallest absolute Gasteiger partial charge is 0.163 e. The average molecular weight is 230 g/mol. The average Bonchev–Trinajstić information content (AvgIpc) is 2.28. The maximum Gasteiger partial charge on any atom is 0.163 e. The van der Waals surface area contributed by atoms with Gasteiger partial charge in [-0.15, -0.1) is 0 Å². The molecule has 2 nitrogen and oxygen atoms in total. The molecule has 1 aliphatic heterocycles. The van der Waals surface area contributed by atoms with E-state index in [-0.39, 0.29) is 17.3 Å². The fourth-order valence-electron chi connectivity index (χ4n) is 1.85. The third kappa shape index (κ3) is 2.76. The molecule has 1 atom stereocenters. The van der Waals surface area contributed by atoms with Crippen LogP contribution in [0.15, 0.2) is 36.4 Å². The normalized spacial score (nSPS) is 20.8. The van der Waals surface area contributed by atoms with Gasteiger partial charge < -0.3 is 4.74 Å². The minimum absolute atomic E-state index is 0.0239. The van der Waals surface area contributed by atoms with Crippen molar-refractivity contribution in [3.05, 3.63) is 42.0 Å². The molecule has 0 saturated carbocycles. The van der Waals surface area contributed by atoms with Crippen LogP contribution in [0, 0.1) is 5.41 Å². The third-order valence-electron chi connectivity index (χ3n) is 2.97. The van der Waals surface area contributed by atoms with Gasteiger partial charge in [-0.1, -0.05) is 51.1 Å². The Labute approximate surface area is 102 Å². The van der Waals surface area contributed by atoms with Crippen LogP contribution in [0.2, 0.25) is 0 Å². The second-order valence-corrected chi connectivity index (χ2v) is 5.52. The van der Waals surface area contributed by atoms with Gasteiger partial charge in [0.1, 0.15) is 11.9 Å². The summed E-state index contributed by atoms with van der Waals surface area (Å²) in [4.78, 5) is 11.7. The number of rotatable bonds is 1. The Kier molecular flexibility index (Phi) is 3.05. The Morgan fingerprint density at radius 1 is 1.18 bits per heavy atom. The second-order valence-electron chi connectivity index (χ2n) is 5.52. The number of hydrogen-bond acceptors (Lipinski definition) is 2. The maximum absolute atomic E-state index is 11.7. The van der Waals surface area contributed by atoms with E-state index in [1.165, 1.54) is 0 Å². The maximum atomic E-state index is 11.7. The van der Waals surface area contributed by atoms with Gasteiger partial charge in [-0.05, 0) is 5.41 Å². The Morgan fingerprint density at radius 2 is 1.82 bits per heavy atom. The SMILES string of the molecule is CC(C)(C)[C@@H]1CC(=O)C=C(c2ccccc2)O1. The highest BCUT2D eigenvalue weighted by Crippen LogP contribution is 2.33. The van der Waals surface area contributed by atoms with Gasteiger partial charge in [0.05, 0.1) is 0 Å². The number of allylic oxidation sites excluding steroid dienone is 1. The summed E-state index contributed by atoms with van der Waals surface area (Å²) >= 11 is 0. The van der Waals surface area contributed by atoms with Crippen molar-refractivity contribution in [1.29, 1.82) is 0 Å². The van der Waals surface area contributed by atoms with Gasteiger partial charge in [0.15, 0.2) is 5.78 Å². The van der Waals surface area contributed by atoms with Crippen molar-refractivity contribution >= 4 is 11.5 Å². The first kappa shape index (κ1) is 11.9. The molecule has 0 spiro atoms. The predicted octanol–water partition coefficient (Wildman–Crippen LogP) is 3.43. The molecule has 0 bridgehead atoms. The fraction of sp³-hybridized carbons (Fsp3) is 0.400. The lowest BCUT2D eigenvalue weighted by Crippen LogP contribution is -2.33. The number of ether oxygens (including phenoxy) is 1. The topological polar surface area (TPSA) is 26.3 Å². The fourth-order valence-corrected chi connectivity index (χ4v) is 1.85. The van der Waals surface area contributed by atoms with Gasteiger partial charge in [-0.2, -0.15) is 0 Å². The molecule has 90 valence electrons. The molecule has 0 aliphatic carbocycles. The molecule has 2 rings (SSSR count). The van der Waals surface area contributed by atoms with Crippen molar-refractivity contribution < 1.29 is 9.53 Å². The van der Waals surface area contributed by atoms with Crippen molar-refractivity contribution in [3.8, 4) is 0 Å². The minimum Gasteiger partial charge on any atom is -0.489 e. The predicted molar refractivity (Wildman–Crippen MR) is 68.4 cm³/mol. The Hall–Kier alpha value is -1.57. The molecule has 1 aliphatic rings. The first-order valence-corrected chi connectivity index (χ1v) is 5.93. The Balaban J connectivity index is 2.28. The molecule has 0 fully saturated rings. The van der Waals surface area contributed by atoms with Crippen LogP contribution in [0.1, 0.15) is 32.8 Å². The largest absolute Gasteiger partial charge is 0.489 e. The van der Waals surface area contributed by atoms with Gasteiger partial charge in [0.2, 0.25) is 0 Å². The Morgan fingerprint density at radius 3 is 2.41 bits per heavy atom. The molecule has 17 heavy (non-hydrogen) atoms. The van der Waals surface area contributed by atoms with E-state index in [1.54, 1.807) is 6.08 Å². The molecule has 0 aromatic heterocycles. The van der Waals surface area contributed by atoms with Crippen LogP contribution in [0.3, 0.4) is 0 Å². The van der Waals surface area contributed by atoms with Crippen LogP contribution in [0.4, 0.5) is 0 Å². The summed E-state index contributed by atoms with van der Waals surface area (Å²) < 4.78 is 5.95. The summed E-state index contributed by atoms with van der Waals surface area (Å²) in [5, 5.41) is 0. The lowest BCUT2D eigenvalue weighted by molar-refractivity contribution is -0.119. The van der Waals surface area contributed by atoms with E-state index in [2.05, 4.69) is 20.8 Å². The lowest BCUT2D eigenvalue weighted by Gasteiger charge is -2.33. The van der Waals surface area contributed by atoms with Crippen LogP contribution >= 0.6 is 0 Å². The minimum atomic E-state index is -0.0461. The van der Waals surface area contributed by atoms with Gasteiger partial charge in [-0.25, -0.2) is 0 Å². The summed E-state index contributed by atoms with van der Waals surface area (Å²) in [5.41, 5.74) is 0.944. The quantitative estimate of drug-likeness (QED) is 0.738. The van der Waals surface area contributed by atoms with E-state index in [0.29, 0.717) is 12.2 Å². The number of ketones is 1. The zero-order valence-electron chi connectivity index (χ0n) is 10.6. The lowest BCUT2D eigenvalue weighted by atomic mass is 9.84. The Bertz CT molecular complexity index is 438. The number of benzene rings is 1. The molecule has 1 heterocycles. The number of hydrogen-bond donors (Lipinski definition) is 0. The van der Waals surface area contributed by atoms with E-state index in [9.17, 15) is 4.79 Å². The monoisotopic (exact) mass is 230 g/mol. The molecule has 0 saturated heterocycles. The molecular weight excluding hydrogens is 212 g/mol. The van der Waals surface area contributed by atoms with Crippen molar-refractivity contribution in [1.82, 2.24) is 0 Å². The van der Waals surface area contributed by atoms with Crippen molar-refractivity contribution in [3.63, 3.8) is 0 Å². The van der Waals surface area contributed by atoms with Crippen molar-refractivity contribution in [2.75, 3.05) is 0 Å². The summed E-state index contributed by atoms with van der Waals surface area (Å²) in [6.45, 7) is 6.29. The zero-order valence-corrected chi connectivity index (χ0v) is 10.6. The molecule has 0 radical (unpaired) electrons. The zero-order chi connectivity index (χ0) is 12.5. The molecular formula is C15H18O2. The van der Waals surface area contributed by atoms with Crippen LogP contribution in [-0.4, -0.2) is 11.9 Å². The second kappa shape index (κ2) is 4.36. The highest BCUT2D eigenvalue weighted by atomic mass is 16.5. The highest BCUT2D eigenvalue weighted by molar-refractivity contribution is 5.97. The first-order chi connectivity index (χ1) is 7.97. The van der Waals surface area contributed by atoms with E-state index in [1.807, 2.05) is 30.3 Å². The summed E-state index contributed by atoms with van der Waals surface area (Å²) in [6, 6.07) is 9.78. The van der Waals surface area contributed by atoms with Crippen LogP contribution in [0.5, 0.6) is 0 Å². The van der Waals surface area contributed by atoms with Crippen molar-refractivity contribution in [2.24, 2.45) is 5.41 Å². The van der Waals surface area contributed by atoms with E-state index < -0.39 is 0 Å². The molecule has 1 aromatic carbocycles. The molecule has 0 unspecified atom stereocenters.